The molecule has 0 aliphatic carbocycles. The van der Waals surface area contributed by atoms with Crippen molar-refractivity contribution in [2.24, 2.45) is 0 Å². The molecule has 1 aromatic rings. The van der Waals surface area contributed by atoms with Crippen molar-refractivity contribution in [1.82, 2.24) is 0 Å². The molecule has 0 atom stereocenters. The van der Waals surface area contributed by atoms with Gasteiger partial charge in [-0.2, -0.15) is 0 Å². The normalized spacial score (nSPS) is 14.3. The van der Waals surface area contributed by atoms with E-state index in [4.69, 9.17) is 9.84 Å². The first-order valence-electron chi connectivity index (χ1n) is 4.67. The summed E-state index contributed by atoms with van der Waals surface area (Å²) in [5.74, 6) is -0.879. The molecule has 0 saturated carbocycles. The second-order valence-corrected chi connectivity index (χ2v) is 2.99. The third kappa shape index (κ3) is 4.05. The zero-order chi connectivity index (χ0) is 10.2. The van der Waals surface area contributed by atoms with Gasteiger partial charge in [-0.05, 0) is 25.0 Å². The van der Waals surface area contributed by atoms with Gasteiger partial charge in [0.2, 0.25) is 0 Å². The fourth-order valence-corrected chi connectivity index (χ4v) is 1.09. The summed E-state index contributed by atoms with van der Waals surface area (Å²) in [5.41, 5.74) is 0.331. The Morgan fingerprint density at radius 2 is 1.71 bits per heavy atom. The van der Waals surface area contributed by atoms with Crippen LogP contribution in [0.4, 0.5) is 0 Å². The van der Waals surface area contributed by atoms with Crippen molar-refractivity contribution < 1.29 is 14.6 Å². The van der Waals surface area contributed by atoms with Gasteiger partial charge in [-0.25, -0.2) is 4.79 Å². The van der Waals surface area contributed by atoms with Crippen LogP contribution in [0.2, 0.25) is 0 Å². The molecule has 1 fully saturated rings. The lowest BCUT2D eigenvalue weighted by atomic mass is 10.2. The Balaban J connectivity index is 0.000000165. The Kier molecular flexibility index (Phi) is 4.72. The average Bonchev–Trinajstić information content (AvgIpc) is 2.77. The van der Waals surface area contributed by atoms with E-state index in [0.29, 0.717) is 5.56 Å². The van der Waals surface area contributed by atoms with Crippen LogP contribution in [0.3, 0.4) is 0 Å². The summed E-state index contributed by atoms with van der Waals surface area (Å²) in [6.45, 7) is 2.00. The number of carbonyl (C=O) groups is 1. The quantitative estimate of drug-likeness (QED) is 0.745. The van der Waals surface area contributed by atoms with Crippen molar-refractivity contribution >= 4 is 5.97 Å². The molecule has 0 unspecified atom stereocenters. The third-order valence-electron chi connectivity index (χ3n) is 1.85. The molecular formula is C11H14O3. The number of carboxylic acids is 1. The maximum atomic E-state index is 10.2. The summed E-state index contributed by atoms with van der Waals surface area (Å²) in [5, 5.41) is 8.38. The maximum absolute atomic E-state index is 10.2. The van der Waals surface area contributed by atoms with Gasteiger partial charge in [-0.15, -0.1) is 0 Å². The van der Waals surface area contributed by atoms with Gasteiger partial charge in [0.05, 0.1) is 5.56 Å². The van der Waals surface area contributed by atoms with E-state index in [2.05, 4.69) is 0 Å². The molecule has 0 bridgehead atoms. The van der Waals surface area contributed by atoms with Crippen LogP contribution in [0.15, 0.2) is 30.3 Å². The highest BCUT2D eigenvalue weighted by molar-refractivity contribution is 5.87. The Hall–Kier alpha value is -1.35. The molecular weight excluding hydrogens is 180 g/mol. The largest absolute Gasteiger partial charge is 0.478 e. The van der Waals surface area contributed by atoms with E-state index >= 15 is 0 Å². The molecule has 1 heterocycles. The van der Waals surface area contributed by atoms with Crippen molar-refractivity contribution in [2.45, 2.75) is 12.8 Å². The number of ether oxygens (including phenoxy) is 1. The molecule has 0 amide bonds. The van der Waals surface area contributed by atoms with Gasteiger partial charge in [0.15, 0.2) is 0 Å². The highest BCUT2D eigenvalue weighted by Gasteiger charge is 1.96. The van der Waals surface area contributed by atoms with E-state index in [1.807, 2.05) is 0 Å². The Labute approximate surface area is 83.3 Å². The van der Waals surface area contributed by atoms with Crippen LogP contribution >= 0.6 is 0 Å². The highest BCUT2D eigenvalue weighted by Crippen LogP contribution is 1.98. The minimum absolute atomic E-state index is 0.331. The molecule has 14 heavy (non-hydrogen) atoms. The summed E-state index contributed by atoms with van der Waals surface area (Å²) in [7, 11) is 0. The van der Waals surface area contributed by atoms with E-state index < -0.39 is 5.97 Å². The summed E-state index contributed by atoms with van der Waals surface area (Å²) in [4.78, 5) is 10.2. The van der Waals surface area contributed by atoms with Gasteiger partial charge >= 0.3 is 5.97 Å². The second kappa shape index (κ2) is 6.16. The third-order valence-corrected chi connectivity index (χ3v) is 1.85. The number of benzene rings is 1. The monoisotopic (exact) mass is 194 g/mol. The first kappa shape index (κ1) is 10.7. The van der Waals surface area contributed by atoms with Crippen LogP contribution in [0.25, 0.3) is 0 Å². The first-order valence-corrected chi connectivity index (χ1v) is 4.67. The molecule has 2 rings (SSSR count). The van der Waals surface area contributed by atoms with Crippen LogP contribution in [0.1, 0.15) is 23.2 Å². The van der Waals surface area contributed by atoms with E-state index in [1.165, 1.54) is 12.8 Å². The van der Waals surface area contributed by atoms with Gasteiger partial charge in [0, 0.05) is 13.2 Å². The molecule has 1 aromatic carbocycles. The average molecular weight is 194 g/mol. The fraction of sp³-hybridized carbons (Fsp3) is 0.364. The molecule has 3 heteroatoms. The number of rotatable bonds is 1. The first-order chi connectivity index (χ1) is 6.80. The number of hydrogen-bond donors (Lipinski definition) is 1. The van der Waals surface area contributed by atoms with Crippen molar-refractivity contribution in [3.05, 3.63) is 35.9 Å². The number of aromatic carboxylic acids is 1. The second-order valence-electron chi connectivity index (χ2n) is 2.99. The Morgan fingerprint density at radius 1 is 1.14 bits per heavy atom. The molecule has 1 aliphatic rings. The van der Waals surface area contributed by atoms with Crippen molar-refractivity contribution in [2.75, 3.05) is 13.2 Å². The van der Waals surface area contributed by atoms with Crippen LogP contribution in [-0.2, 0) is 4.74 Å². The van der Waals surface area contributed by atoms with Gasteiger partial charge < -0.3 is 9.84 Å². The molecule has 1 N–H and O–H groups in total. The van der Waals surface area contributed by atoms with Crippen LogP contribution in [-0.4, -0.2) is 24.3 Å². The smallest absolute Gasteiger partial charge is 0.335 e. The lowest BCUT2D eigenvalue weighted by Gasteiger charge is -1.88. The van der Waals surface area contributed by atoms with E-state index in [9.17, 15) is 4.79 Å². The lowest BCUT2D eigenvalue weighted by Crippen LogP contribution is -1.93. The van der Waals surface area contributed by atoms with Crippen molar-refractivity contribution in [3.63, 3.8) is 0 Å². The Morgan fingerprint density at radius 3 is 2.00 bits per heavy atom. The summed E-state index contributed by atoms with van der Waals surface area (Å²) in [6.07, 6.45) is 2.56. The number of carboxylic acid groups (broad SMARTS) is 1. The van der Waals surface area contributed by atoms with E-state index in [1.54, 1.807) is 30.3 Å². The summed E-state index contributed by atoms with van der Waals surface area (Å²) < 4.78 is 4.94. The maximum Gasteiger partial charge on any atom is 0.335 e. The fourth-order valence-electron chi connectivity index (χ4n) is 1.09. The van der Waals surface area contributed by atoms with Crippen LogP contribution in [0.5, 0.6) is 0 Å². The SMILES string of the molecule is C1CCOC1.O=C(O)c1ccccc1. The zero-order valence-electron chi connectivity index (χ0n) is 7.98. The predicted molar refractivity (Wildman–Crippen MR) is 53.5 cm³/mol. The minimum atomic E-state index is -0.879. The summed E-state index contributed by atoms with van der Waals surface area (Å²) >= 11 is 0. The van der Waals surface area contributed by atoms with E-state index in [-0.39, 0.29) is 0 Å². The highest BCUT2D eigenvalue weighted by atomic mass is 16.5. The standard InChI is InChI=1S/C7H6O2.C4H8O/c8-7(9)6-4-2-1-3-5-6;1-2-4-5-3-1/h1-5H,(H,8,9);1-4H2. The van der Waals surface area contributed by atoms with Gasteiger partial charge in [-0.3, -0.25) is 0 Å². The van der Waals surface area contributed by atoms with Gasteiger partial charge in [-0.1, -0.05) is 18.2 Å². The summed E-state index contributed by atoms with van der Waals surface area (Å²) in [6, 6.07) is 8.30. The van der Waals surface area contributed by atoms with E-state index in [0.717, 1.165) is 13.2 Å². The molecule has 76 valence electrons. The van der Waals surface area contributed by atoms with Gasteiger partial charge in [0.1, 0.15) is 0 Å². The minimum Gasteiger partial charge on any atom is -0.478 e. The lowest BCUT2D eigenvalue weighted by molar-refractivity contribution is 0.0697. The topological polar surface area (TPSA) is 46.5 Å². The molecule has 0 spiro atoms. The van der Waals surface area contributed by atoms with Crippen molar-refractivity contribution in [1.29, 1.82) is 0 Å². The molecule has 3 nitrogen and oxygen atoms in total. The molecule has 1 aliphatic heterocycles. The zero-order valence-corrected chi connectivity index (χ0v) is 7.98. The molecule has 1 saturated heterocycles. The Bertz CT molecular complexity index is 258. The predicted octanol–water partition coefficient (Wildman–Crippen LogP) is 2.18. The molecule has 0 radical (unpaired) electrons. The van der Waals surface area contributed by atoms with Crippen LogP contribution in [0, 0.1) is 0 Å². The molecule has 0 aromatic heterocycles. The number of hydrogen-bond acceptors (Lipinski definition) is 2. The van der Waals surface area contributed by atoms with Gasteiger partial charge in [0.25, 0.3) is 0 Å². The van der Waals surface area contributed by atoms with Crippen molar-refractivity contribution in [3.8, 4) is 0 Å². The van der Waals surface area contributed by atoms with Crippen LogP contribution < -0.4 is 0 Å².